The molecule has 13 heavy (non-hydrogen) atoms. The van der Waals surface area contributed by atoms with Crippen molar-refractivity contribution in [3.63, 3.8) is 0 Å². The lowest BCUT2D eigenvalue weighted by Crippen LogP contribution is -2.00. The molecule has 1 aromatic carbocycles. The van der Waals surface area contributed by atoms with Crippen molar-refractivity contribution in [1.82, 2.24) is 4.98 Å². The molecule has 0 aliphatic carbocycles. The van der Waals surface area contributed by atoms with Crippen molar-refractivity contribution < 1.29 is 9.21 Å². The minimum atomic E-state index is -0.245. The average Bonchev–Trinajstić information content (AvgIpc) is 2.71. The first-order valence-corrected chi connectivity index (χ1v) is 3.79. The van der Waals surface area contributed by atoms with E-state index in [0.717, 1.165) is 0 Å². The number of rotatable bonds is 2. The summed E-state index contributed by atoms with van der Waals surface area (Å²) in [5.74, 6) is -0.145. The molecule has 0 saturated carbocycles. The number of carbonyl (C=O) groups is 1. The van der Waals surface area contributed by atoms with E-state index in [1.165, 1.54) is 12.5 Å². The highest BCUT2D eigenvalue weighted by atomic mass is 16.3. The standard InChI is InChI=1S/C10H6NO2/c12-9(10-11-6-7-13-10)8-4-2-1-3-5-8/h1-4,6-7H. The van der Waals surface area contributed by atoms with Crippen molar-refractivity contribution in [2.75, 3.05) is 0 Å². The van der Waals surface area contributed by atoms with Crippen molar-refractivity contribution in [1.29, 1.82) is 0 Å². The van der Waals surface area contributed by atoms with Crippen LogP contribution in [-0.4, -0.2) is 10.8 Å². The van der Waals surface area contributed by atoms with Gasteiger partial charge >= 0.3 is 0 Å². The summed E-state index contributed by atoms with van der Waals surface area (Å²) < 4.78 is 4.87. The van der Waals surface area contributed by atoms with Gasteiger partial charge in [0.15, 0.2) is 0 Å². The molecule has 1 aromatic heterocycles. The highest BCUT2D eigenvalue weighted by Crippen LogP contribution is 2.05. The van der Waals surface area contributed by atoms with Crippen molar-refractivity contribution in [3.05, 3.63) is 54.2 Å². The van der Waals surface area contributed by atoms with Crippen LogP contribution in [0.1, 0.15) is 16.2 Å². The van der Waals surface area contributed by atoms with Crippen LogP contribution in [0.5, 0.6) is 0 Å². The van der Waals surface area contributed by atoms with Crippen LogP contribution < -0.4 is 0 Å². The number of oxazole rings is 1. The molecule has 63 valence electrons. The molecule has 0 N–H and O–H groups in total. The zero-order valence-corrected chi connectivity index (χ0v) is 6.73. The van der Waals surface area contributed by atoms with E-state index in [9.17, 15) is 4.79 Å². The molecule has 0 aliphatic rings. The Kier molecular flexibility index (Phi) is 1.92. The Labute approximate surface area is 75.0 Å². The monoisotopic (exact) mass is 172 g/mol. The normalized spacial score (nSPS) is 9.85. The van der Waals surface area contributed by atoms with Crippen molar-refractivity contribution >= 4 is 5.78 Å². The number of aromatic nitrogens is 1. The maximum absolute atomic E-state index is 11.5. The summed E-state index contributed by atoms with van der Waals surface area (Å²) in [6.07, 6.45) is 2.81. The van der Waals surface area contributed by atoms with Crippen molar-refractivity contribution in [3.8, 4) is 0 Å². The van der Waals surface area contributed by atoms with Crippen molar-refractivity contribution in [2.24, 2.45) is 0 Å². The lowest BCUT2D eigenvalue weighted by Gasteiger charge is -1.93. The van der Waals surface area contributed by atoms with Crippen molar-refractivity contribution in [2.45, 2.75) is 0 Å². The molecule has 1 heterocycles. The molecule has 1 radical (unpaired) electrons. The first-order chi connectivity index (χ1) is 6.38. The molecule has 3 heteroatoms. The van der Waals surface area contributed by atoms with Gasteiger partial charge in [0, 0.05) is 5.56 Å². The third-order valence-electron chi connectivity index (χ3n) is 1.58. The Balaban J connectivity index is 2.34. The first kappa shape index (κ1) is 7.73. The van der Waals surface area contributed by atoms with E-state index >= 15 is 0 Å². The topological polar surface area (TPSA) is 43.1 Å². The quantitative estimate of drug-likeness (QED) is 0.647. The predicted octanol–water partition coefficient (Wildman–Crippen LogP) is 1.71. The van der Waals surface area contributed by atoms with Gasteiger partial charge in [0.25, 0.3) is 5.89 Å². The second-order valence-electron chi connectivity index (χ2n) is 2.44. The highest BCUT2D eigenvalue weighted by Gasteiger charge is 2.12. The molecule has 0 unspecified atom stereocenters. The van der Waals surface area contributed by atoms with Gasteiger partial charge in [-0.1, -0.05) is 24.3 Å². The summed E-state index contributed by atoms with van der Waals surface area (Å²) in [7, 11) is 0. The largest absolute Gasteiger partial charge is 0.442 e. The number of nitrogens with zero attached hydrogens (tertiary/aromatic N) is 1. The van der Waals surface area contributed by atoms with Gasteiger partial charge in [-0.05, 0) is 6.07 Å². The highest BCUT2D eigenvalue weighted by molar-refractivity contribution is 6.05. The maximum atomic E-state index is 11.5. The lowest BCUT2D eigenvalue weighted by molar-refractivity contribution is 0.100. The summed E-state index contributed by atoms with van der Waals surface area (Å²) >= 11 is 0. The van der Waals surface area contributed by atoms with Crippen LogP contribution in [-0.2, 0) is 0 Å². The van der Waals surface area contributed by atoms with Gasteiger partial charge in [0.1, 0.15) is 6.26 Å². The van der Waals surface area contributed by atoms with Gasteiger partial charge in [0.2, 0.25) is 5.78 Å². The van der Waals surface area contributed by atoms with Crippen LogP contribution in [0.15, 0.2) is 41.1 Å². The SMILES string of the molecule is O=C(c1[c]cccc1)c1ncco1. The summed E-state index contributed by atoms with van der Waals surface area (Å²) in [5, 5.41) is 0. The smallest absolute Gasteiger partial charge is 0.268 e. The van der Waals surface area contributed by atoms with Gasteiger partial charge in [-0.3, -0.25) is 4.79 Å². The zero-order valence-electron chi connectivity index (χ0n) is 6.73. The maximum Gasteiger partial charge on any atom is 0.268 e. The third-order valence-corrected chi connectivity index (χ3v) is 1.58. The Morgan fingerprint density at radius 2 is 2.38 bits per heavy atom. The van der Waals surface area contributed by atoms with Gasteiger partial charge < -0.3 is 4.42 Å². The Hall–Kier alpha value is -1.90. The minimum absolute atomic E-state index is 0.0995. The number of hydrogen-bond donors (Lipinski definition) is 0. The number of carbonyl (C=O) groups excluding carboxylic acids is 1. The molecule has 2 rings (SSSR count). The van der Waals surface area contributed by atoms with Gasteiger partial charge in [0.05, 0.1) is 6.20 Å². The molecule has 0 atom stereocenters. The van der Waals surface area contributed by atoms with Crippen LogP contribution in [0.25, 0.3) is 0 Å². The van der Waals surface area contributed by atoms with Crippen LogP contribution in [0.4, 0.5) is 0 Å². The van der Waals surface area contributed by atoms with E-state index in [2.05, 4.69) is 11.1 Å². The van der Waals surface area contributed by atoms with E-state index in [1.54, 1.807) is 24.3 Å². The molecule has 2 aromatic rings. The minimum Gasteiger partial charge on any atom is -0.442 e. The van der Waals surface area contributed by atoms with E-state index in [1.807, 2.05) is 0 Å². The molecule has 0 amide bonds. The molecule has 3 nitrogen and oxygen atoms in total. The van der Waals surface area contributed by atoms with Crippen LogP contribution in [0.2, 0.25) is 0 Å². The fourth-order valence-electron chi connectivity index (χ4n) is 0.985. The van der Waals surface area contributed by atoms with Gasteiger partial charge in [-0.25, -0.2) is 4.98 Å². The fraction of sp³-hybridized carbons (Fsp3) is 0. The van der Waals surface area contributed by atoms with E-state index in [-0.39, 0.29) is 11.7 Å². The molecule has 0 saturated heterocycles. The number of ketones is 1. The molecule has 0 spiro atoms. The summed E-state index contributed by atoms with van der Waals surface area (Å²) in [5.41, 5.74) is 0.463. The Morgan fingerprint density at radius 1 is 1.46 bits per heavy atom. The molecular formula is C10H6NO2. The summed E-state index contributed by atoms with van der Waals surface area (Å²) in [6, 6.07) is 9.73. The Bertz CT molecular complexity index is 392. The second kappa shape index (κ2) is 3.23. The van der Waals surface area contributed by atoms with Crippen LogP contribution in [0.3, 0.4) is 0 Å². The fourth-order valence-corrected chi connectivity index (χ4v) is 0.985. The van der Waals surface area contributed by atoms with E-state index in [4.69, 9.17) is 4.42 Å². The van der Waals surface area contributed by atoms with E-state index in [0.29, 0.717) is 5.56 Å². The third kappa shape index (κ3) is 1.49. The summed E-state index contributed by atoms with van der Waals surface area (Å²) in [6.45, 7) is 0. The van der Waals surface area contributed by atoms with Crippen LogP contribution >= 0.6 is 0 Å². The lowest BCUT2D eigenvalue weighted by atomic mass is 10.1. The second-order valence-corrected chi connectivity index (χ2v) is 2.44. The van der Waals surface area contributed by atoms with Gasteiger partial charge in [-0.15, -0.1) is 0 Å². The molecule has 0 aliphatic heterocycles. The molecule has 0 fully saturated rings. The van der Waals surface area contributed by atoms with E-state index < -0.39 is 0 Å². The number of benzene rings is 1. The van der Waals surface area contributed by atoms with Crippen LogP contribution in [0, 0.1) is 6.07 Å². The Morgan fingerprint density at radius 3 is 3.00 bits per heavy atom. The molecular weight excluding hydrogens is 166 g/mol. The average molecular weight is 172 g/mol. The molecule has 0 bridgehead atoms. The van der Waals surface area contributed by atoms with Gasteiger partial charge in [-0.2, -0.15) is 0 Å². The summed E-state index contributed by atoms with van der Waals surface area (Å²) in [4.78, 5) is 15.3. The first-order valence-electron chi connectivity index (χ1n) is 3.79. The number of hydrogen-bond acceptors (Lipinski definition) is 3. The zero-order chi connectivity index (χ0) is 9.10. The predicted molar refractivity (Wildman–Crippen MR) is 45.2 cm³/mol.